The Morgan fingerprint density at radius 3 is 2.76 bits per heavy atom. The first-order valence-electron chi connectivity index (χ1n) is 7.97. The van der Waals surface area contributed by atoms with E-state index in [9.17, 15) is 4.79 Å². The summed E-state index contributed by atoms with van der Waals surface area (Å²) in [6.45, 7) is 3.07. The second-order valence-electron chi connectivity index (χ2n) is 5.80. The summed E-state index contributed by atoms with van der Waals surface area (Å²) in [7, 11) is 0. The molecule has 2 fully saturated rings. The Balaban J connectivity index is 1.67. The van der Waals surface area contributed by atoms with E-state index in [0.717, 1.165) is 45.4 Å². The van der Waals surface area contributed by atoms with Crippen LogP contribution in [0.2, 0.25) is 0 Å². The van der Waals surface area contributed by atoms with E-state index in [-0.39, 0.29) is 12.0 Å². The van der Waals surface area contributed by atoms with Crippen molar-refractivity contribution in [2.24, 2.45) is 0 Å². The number of nitrogens with zero attached hydrogens (tertiary/aromatic N) is 1. The fourth-order valence-electron chi connectivity index (χ4n) is 3.00. The first kappa shape index (κ1) is 14.4. The van der Waals surface area contributed by atoms with E-state index in [2.05, 4.69) is 0 Å². The first-order chi connectivity index (χ1) is 10.3. The summed E-state index contributed by atoms with van der Waals surface area (Å²) in [6, 6.07) is 7.56. The zero-order valence-corrected chi connectivity index (χ0v) is 12.4. The van der Waals surface area contributed by atoms with Crippen molar-refractivity contribution < 1.29 is 14.3 Å². The predicted octanol–water partition coefficient (Wildman–Crippen LogP) is 2.87. The van der Waals surface area contributed by atoms with E-state index in [1.54, 1.807) is 0 Å². The molecule has 4 nitrogen and oxygen atoms in total. The van der Waals surface area contributed by atoms with Crippen molar-refractivity contribution in [1.82, 2.24) is 4.90 Å². The summed E-state index contributed by atoms with van der Waals surface area (Å²) >= 11 is 0. The number of hydrogen-bond donors (Lipinski definition) is 0. The van der Waals surface area contributed by atoms with Crippen molar-refractivity contribution >= 4 is 5.91 Å². The van der Waals surface area contributed by atoms with Gasteiger partial charge in [0.05, 0.1) is 11.7 Å². The second kappa shape index (κ2) is 6.94. The van der Waals surface area contributed by atoms with Crippen molar-refractivity contribution in [3.63, 3.8) is 0 Å². The summed E-state index contributed by atoms with van der Waals surface area (Å²) in [5.41, 5.74) is 0.678. The molecule has 4 heteroatoms. The summed E-state index contributed by atoms with van der Waals surface area (Å²) < 4.78 is 11.4. The van der Waals surface area contributed by atoms with Crippen molar-refractivity contribution in [2.75, 3.05) is 26.3 Å². The molecule has 1 atom stereocenters. The van der Waals surface area contributed by atoms with E-state index in [0.29, 0.717) is 17.9 Å². The highest BCUT2D eigenvalue weighted by molar-refractivity contribution is 5.97. The summed E-state index contributed by atoms with van der Waals surface area (Å²) in [5, 5.41) is 0. The lowest BCUT2D eigenvalue weighted by molar-refractivity contribution is 0.0642. The largest absolute Gasteiger partial charge is 0.490 e. The molecule has 2 aliphatic heterocycles. The lowest BCUT2D eigenvalue weighted by Crippen LogP contribution is -2.35. The molecule has 0 aliphatic carbocycles. The summed E-state index contributed by atoms with van der Waals surface area (Å²) in [5.74, 6) is 0.779. The maximum Gasteiger partial charge on any atom is 0.257 e. The Labute approximate surface area is 126 Å². The van der Waals surface area contributed by atoms with Crippen molar-refractivity contribution in [1.29, 1.82) is 0 Å². The van der Waals surface area contributed by atoms with E-state index >= 15 is 0 Å². The van der Waals surface area contributed by atoms with Gasteiger partial charge in [0.2, 0.25) is 0 Å². The van der Waals surface area contributed by atoms with Crippen LogP contribution in [0.15, 0.2) is 24.3 Å². The van der Waals surface area contributed by atoms with Gasteiger partial charge in [-0.25, -0.2) is 0 Å². The van der Waals surface area contributed by atoms with E-state index < -0.39 is 0 Å². The molecule has 2 heterocycles. The molecule has 3 rings (SSSR count). The van der Waals surface area contributed by atoms with E-state index in [1.807, 2.05) is 29.2 Å². The maximum absolute atomic E-state index is 12.6. The number of hydrogen-bond acceptors (Lipinski definition) is 3. The SMILES string of the molecule is O=C(c1ccccc1OCC1CCCO1)N1CCCCC1. The fourth-order valence-corrected chi connectivity index (χ4v) is 3.00. The van der Waals surface area contributed by atoms with Gasteiger partial charge < -0.3 is 14.4 Å². The lowest BCUT2D eigenvalue weighted by atomic mass is 10.1. The number of para-hydroxylation sites is 1. The van der Waals surface area contributed by atoms with Crippen LogP contribution in [-0.2, 0) is 4.74 Å². The third-order valence-corrected chi connectivity index (χ3v) is 4.21. The molecule has 21 heavy (non-hydrogen) atoms. The number of likely N-dealkylation sites (tertiary alicyclic amines) is 1. The molecule has 0 N–H and O–H groups in total. The van der Waals surface area contributed by atoms with Gasteiger partial charge in [0.1, 0.15) is 12.4 Å². The quantitative estimate of drug-likeness (QED) is 0.855. The number of ether oxygens (including phenoxy) is 2. The van der Waals surface area contributed by atoms with Crippen LogP contribution in [0.25, 0.3) is 0 Å². The van der Waals surface area contributed by atoms with Crippen LogP contribution in [0.3, 0.4) is 0 Å². The number of rotatable bonds is 4. The van der Waals surface area contributed by atoms with Crippen LogP contribution in [0.1, 0.15) is 42.5 Å². The van der Waals surface area contributed by atoms with Gasteiger partial charge in [-0.15, -0.1) is 0 Å². The number of benzene rings is 1. The molecule has 0 spiro atoms. The van der Waals surface area contributed by atoms with Gasteiger partial charge in [-0.3, -0.25) is 4.79 Å². The molecule has 2 aliphatic rings. The van der Waals surface area contributed by atoms with E-state index in [4.69, 9.17) is 9.47 Å². The monoisotopic (exact) mass is 289 g/mol. The Morgan fingerprint density at radius 2 is 2.00 bits per heavy atom. The highest BCUT2D eigenvalue weighted by atomic mass is 16.5. The molecule has 2 saturated heterocycles. The minimum atomic E-state index is 0.0950. The van der Waals surface area contributed by atoms with Crippen LogP contribution in [0, 0.1) is 0 Å². The Bertz CT molecular complexity index is 477. The third kappa shape index (κ3) is 3.56. The lowest BCUT2D eigenvalue weighted by Gasteiger charge is -2.27. The van der Waals surface area contributed by atoms with Crippen molar-refractivity contribution in [3.8, 4) is 5.75 Å². The van der Waals surface area contributed by atoms with Crippen LogP contribution < -0.4 is 4.74 Å². The minimum absolute atomic E-state index is 0.0950. The zero-order valence-electron chi connectivity index (χ0n) is 12.4. The van der Waals surface area contributed by atoms with Gasteiger partial charge in [0.15, 0.2) is 0 Å². The fraction of sp³-hybridized carbons (Fsp3) is 0.588. The number of carbonyl (C=O) groups is 1. The molecule has 0 saturated carbocycles. The van der Waals surface area contributed by atoms with Crippen LogP contribution in [0.4, 0.5) is 0 Å². The van der Waals surface area contributed by atoms with Crippen molar-refractivity contribution in [2.45, 2.75) is 38.2 Å². The van der Waals surface area contributed by atoms with Gasteiger partial charge in [-0.1, -0.05) is 12.1 Å². The molecule has 114 valence electrons. The highest BCUT2D eigenvalue weighted by Gasteiger charge is 2.22. The Morgan fingerprint density at radius 1 is 1.19 bits per heavy atom. The molecule has 0 bridgehead atoms. The normalized spacial score (nSPS) is 22.3. The highest BCUT2D eigenvalue weighted by Crippen LogP contribution is 2.23. The van der Waals surface area contributed by atoms with Gasteiger partial charge in [-0.05, 0) is 44.2 Å². The van der Waals surface area contributed by atoms with Gasteiger partial charge in [0.25, 0.3) is 5.91 Å². The molecule has 1 amide bonds. The van der Waals surface area contributed by atoms with Gasteiger partial charge >= 0.3 is 0 Å². The smallest absolute Gasteiger partial charge is 0.257 e. The molecule has 1 aromatic carbocycles. The van der Waals surface area contributed by atoms with Crippen LogP contribution in [0.5, 0.6) is 5.75 Å². The van der Waals surface area contributed by atoms with Crippen molar-refractivity contribution in [3.05, 3.63) is 29.8 Å². The minimum Gasteiger partial charge on any atom is -0.490 e. The zero-order chi connectivity index (χ0) is 14.5. The molecule has 1 aromatic rings. The van der Waals surface area contributed by atoms with Gasteiger partial charge in [0, 0.05) is 19.7 Å². The van der Waals surface area contributed by atoms with Crippen LogP contribution >= 0.6 is 0 Å². The molecule has 1 unspecified atom stereocenters. The molecule has 0 aromatic heterocycles. The average Bonchev–Trinajstić information content (AvgIpc) is 3.07. The predicted molar refractivity (Wildman–Crippen MR) is 80.7 cm³/mol. The van der Waals surface area contributed by atoms with Gasteiger partial charge in [-0.2, -0.15) is 0 Å². The number of piperidine rings is 1. The van der Waals surface area contributed by atoms with E-state index in [1.165, 1.54) is 6.42 Å². The third-order valence-electron chi connectivity index (χ3n) is 4.21. The molecular formula is C17H23NO3. The first-order valence-corrected chi connectivity index (χ1v) is 7.97. The summed E-state index contributed by atoms with van der Waals surface area (Å²) in [4.78, 5) is 14.6. The average molecular weight is 289 g/mol. The summed E-state index contributed by atoms with van der Waals surface area (Å²) in [6.07, 6.45) is 5.74. The number of amides is 1. The Kier molecular flexibility index (Phi) is 4.76. The molecular weight excluding hydrogens is 266 g/mol. The Hall–Kier alpha value is -1.55. The topological polar surface area (TPSA) is 38.8 Å². The second-order valence-corrected chi connectivity index (χ2v) is 5.80. The van der Waals surface area contributed by atoms with Crippen LogP contribution in [-0.4, -0.2) is 43.2 Å². The molecule has 0 radical (unpaired) electrons. The maximum atomic E-state index is 12.6. The number of carbonyl (C=O) groups excluding carboxylic acids is 1. The standard InChI is InChI=1S/C17H23NO3/c19-17(18-10-4-1-5-11-18)15-8-2-3-9-16(15)21-13-14-7-6-12-20-14/h2-3,8-9,14H,1,4-7,10-13H2.